The van der Waals surface area contributed by atoms with Crippen LogP contribution in [0.2, 0.25) is 0 Å². The number of esters is 1. The molecule has 0 saturated heterocycles. The van der Waals surface area contributed by atoms with Crippen molar-refractivity contribution in [2.24, 2.45) is 0 Å². The van der Waals surface area contributed by atoms with E-state index < -0.39 is 17.4 Å². The number of anilines is 1. The van der Waals surface area contributed by atoms with Gasteiger partial charge in [0.05, 0.1) is 24.8 Å². The largest absolute Gasteiger partial charge is 0.497 e. The number of methoxy groups -OCH3 is 1. The lowest BCUT2D eigenvalue weighted by molar-refractivity contribution is -0.140. The normalized spacial score (nSPS) is 15.9. The maximum Gasteiger partial charge on any atom is 0.359 e. The fraction of sp³-hybridized carbons (Fsp3) is 0.308. The molecule has 2 heterocycles. The Labute approximate surface area is 201 Å². The molecular weight excluding hydrogens is 450 g/mol. The van der Waals surface area contributed by atoms with Gasteiger partial charge in [0, 0.05) is 17.8 Å². The van der Waals surface area contributed by atoms with Crippen molar-refractivity contribution < 1.29 is 29.0 Å². The van der Waals surface area contributed by atoms with Gasteiger partial charge in [-0.25, -0.2) is 9.48 Å². The third-order valence-corrected chi connectivity index (χ3v) is 6.69. The van der Waals surface area contributed by atoms with E-state index in [1.54, 1.807) is 67.5 Å². The molecule has 0 atom stereocenters. The maximum absolute atomic E-state index is 13.7. The zero-order chi connectivity index (χ0) is 24.7. The standard InChI is InChI=1S/C26H25N3O6/c1-3-35-24(31)21-20-12-15-28(17-6-4-16(5-7-17)26(13-14-26)25(32)33)23(30)22(20)29(27-21)18-8-10-19(34-2)11-9-18/h4-11H,3,12-15H2,1-2H3,(H,32,33). The third kappa shape index (κ3) is 3.73. The van der Waals surface area contributed by atoms with Gasteiger partial charge < -0.3 is 19.5 Å². The van der Waals surface area contributed by atoms with Crippen LogP contribution in [-0.4, -0.2) is 53.0 Å². The van der Waals surface area contributed by atoms with E-state index in [1.165, 1.54) is 4.68 Å². The zero-order valence-electron chi connectivity index (χ0n) is 19.5. The Bertz CT molecular complexity index is 1310. The van der Waals surface area contributed by atoms with E-state index in [0.717, 1.165) is 5.56 Å². The number of carboxylic acid groups (broad SMARTS) is 1. The van der Waals surface area contributed by atoms with E-state index in [0.29, 0.717) is 54.2 Å². The molecule has 2 aromatic carbocycles. The first-order chi connectivity index (χ1) is 16.9. The molecule has 1 saturated carbocycles. The minimum Gasteiger partial charge on any atom is -0.497 e. The number of carboxylic acids is 1. The smallest absolute Gasteiger partial charge is 0.359 e. The molecule has 5 rings (SSSR count). The molecule has 1 amide bonds. The predicted octanol–water partition coefficient (Wildman–Crippen LogP) is 3.38. The summed E-state index contributed by atoms with van der Waals surface area (Å²) in [6, 6.07) is 14.2. The lowest BCUT2D eigenvalue weighted by atomic mass is 9.95. The summed E-state index contributed by atoms with van der Waals surface area (Å²) >= 11 is 0. The molecule has 1 aliphatic heterocycles. The van der Waals surface area contributed by atoms with Crippen LogP contribution >= 0.6 is 0 Å². The molecule has 1 N–H and O–H groups in total. The van der Waals surface area contributed by atoms with Crippen molar-refractivity contribution >= 4 is 23.5 Å². The molecule has 1 fully saturated rings. The summed E-state index contributed by atoms with van der Waals surface area (Å²) in [5.74, 6) is -1.02. The Kier molecular flexibility index (Phi) is 5.55. The number of carbonyl (C=O) groups excluding carboxylic acids is 2. The number of amides is 1. The summed E-state index contributed by atoms with van der Waals surface area (Å²) in [5, 5.41) is 14.0. The Hall–Kier alpha value is -4.14. The molecule has 9 heteroatoms. The highest BCUT2D eigenvalue weighted by Gasteiger charge is 2.51. The molecule has 180 valence electrons. The second-order valence-electron chi connectivity index (χ2n) is 8.65. The van der Waals surface area contributed by atoms with Crippen molar-refractivity contribution in [3.05, 3.63) is 71.0 Å². The SMILES string of the molecule is CCOC(=O)c1nn(-c2ccc(OC)cc2)c2c1CCN(c1ccc(C3(C(=O)O)CC3)cc1)C2=O. The number of rotatable bonds is 7. The minimum absolute atomic E-state index is 0.137. The van der Waals surface area contributed by atoms with Crippen LogP contribution in [-0.2, 0) is 21.4 Å². The molecular formula is C26H25N3O6. The van der Waals surface area contributed by atoms with Crippen LogP contribution in [0.15, 0.2) is 48.5 Å². The summed E-state index contributed by atoms with van der Waals surface area (Å²) in [6.07, 6.45) is 1.66. The highest BCUT2D eigenvalue weighted by Crippen LogP contribution is 2.48. The molecule has 2 aliphatic rings. The van der Waals surface area contributed by atoms with Crippen LogP contribution in [0.25, 0.3) is 5.69 Å². The molecule has 0 unspecified atom stereocenters. The summed E-state index contributed by atoms with van der Waals surface area (Å²) in [4.78, 5) is 39.6. The van der Waals surface area contributed by atoms with Gasteiger partial charge in [-0.3, -0.25) is 9.59 Å². The van der Waals surface area contributed by atoms with Crippen LogP contribution in [0.3, 0.4) is 0 Å². The molecule has 35 heavy (non-hydrogen) atoms. The number of aromatic nitrogens is 2. The van der Waals surface area contributed by atoms with Gasteiger partial charge in [-0.15, -0.1) is 0 Å². The number of hydrogen-bond acceptors (Lipinski definition) is 6. The van der Waals surface area contributed by atoms with Crippen LogP contribution in [0.5, 0.6) is 5.75 Å². The van der Waals surface area contributed by atoms with Crippen LogP contribution in [0.4, 0.5) is 5.69 Å². The van der Waals surface area contributed by atoms with Crippen molar-refractivity contribution in [1.29, 1.82) is 0 Å². The van der Waals surface area contributed by atoms with Crippen molar-refractivity contribution in [3.8, 4) is 11.4 Å². The number of ether oxygens (including phenoxy) is 2. The molecule has 0 spiro atoms. The van der Waals surface area contributed by atoms with Crippen LogP contribution in [0, 0.1) is 0 Å². The zero-order valence-corrected chi connectivity index (χ0v) is 19.5. The number of hydrogen-bond donors (Lipinski definition) is 1. The topological polar surface area (TPSA) is 111 Å². The predicted molar refractivity (Wildman–Crippen MR) is 126 cm³/mol. The number of carbonyl (C=O) groups is 3. The number of aliphatic carboxylic acids is 1. The van der Waals surface area contributed by atoms with E-state index >= 15 is 0 Å². The number of fused-ring (bicyclic) bond motifs is 1. The fourth-order valence-corrected chi connectivity index (χ4v) is 4.59. The summed E-state index contributed by atoms with van der Waals surface area (Å²) in [5.41, 5.74) is 2.20. The van der Waals surface area contributed by atoms with Gasteiger partial charge in [0.2, 0.25) is 0 Å². The highest BCUT2D eigenvalue weighted by atomic mass is 16.5. The van der Waals surface area contributed by atoms with E-state index in [1.807, 2.05) is 0 Å². The van der Waals surface area contributed by atoms with Gasteiger partial charge in [-0.05, 0) is 68.1 Å². The monoisotopic (exact) mass is 475 g/mol. The van der Waals surface area contributed by atoms with Gasteiger partial charge in [0.1, 0.15) is 11.4 Å². The van der Waals surface area contributed by atoms with Crippen LogP contribution < -0.4 is 9.64 Å². The second kappa shape index (κ2) is 8.57. The van der Waals surface area contributed by atoms with Gasteiger partial charge in [0.15, 0.2) is 5.69 Å². The first-order valence-electron chi connectivity index (χ1n) is 11.5. The van der Waals surface area contributed by atoms with Crippen LogP contribution in [0.1, 0.15) is 51.9 Å². The van der Waals surface area contributed by atoms with Gasteiger partial charge >= 0.3 is 11.9 Å². The van der Waals surface area contributed by atoms with Gasteiger partial charge in [-0.1, -0.05) is 12.1 Å². The van der Waals surface area contributed by atoms with E-state index in [-0.39, 0.29) is 18.2 Å². The Morgan fingerprint density at radius 2 is 1.71 bits per heavy atom. The molecule has 9 nitrogen and oxygen atoms in total. The van der Waals surface area contributed by atoms with Crippen molar-refractivity contribution in [2.75, 3.05) is 25.2 Å². The first kappa shape index (κ1) is 22.6. The van der Waals surface area contributed by atoms with E-state index in [4.69, 9.17) is 9.47 Å². The lowest BCUT2D eigenvalue weighted by Crippen LogP contribution is -2.39. The Morgan fingerprint density at radius 1 is 1.06 bits per heavy atom. The third-order valence-electron chi connectivity index (χ3n) is 6.69. The first-order valence-corrected chi connectivity index (χ1v) is 11.5. The van der Waals surface area contributed by atoms with E-state index in [2.05, 4.69) is 5.10 Å². The maximum atomic E-state index is 13.7. The summed E-state index contributed by atoms with van der Waals surface area (Å²) < 4.78 is 11.9. The molecule has 0 bridgehead atoms. The van der Waals surface area contributed by atoms with Crippen molar-refractivity contribution in [3.63, 3.8) is 0 Å². The molecule has 0 radical (unpaired) electrons. The quantitative estimate of drug-likeness (QED) is 0.522. The fourth-order valence-electron chi connectivity index (χ4n) is 4.59. The highest BCUT2D eigenvalue weighted by molar-refractivity contribution is 6.09. The number of nitrogens with zero attached hydrogens (tertiary/aromatic N) is 3. The van der Waals surface area contributed by atoms with Gasteiger partial charge in [0.25, 0.3) is 5.91 Å². The Morgan fingerprint density at radius 3 is 2.29 bits per heavy atom. The van der Waals surface area contributed by atoms with E-state index in [9.17, 15) is 19.5 Å². The molecule has 3 aromatic rings. The summed E-state index contributed by atoms with van der Waals surface area (Å²) in [6.45, 7) is 2.28. The second-order valence-corrected chi connectivity index (χ2v) is 8.65. The number of benzene rings is 2. The van der Waals surface area contributed by atoms with Crippen molar-refractivity contribution in [2.45, 2.75) is 31.6 Å². The lowest BCUT2D eigenvalue weighted by Gasteiger charge is -2.28. The average molecular weight is 476 g/mol. The minimum atomic E-state index is -0.821. The Balaban J connectivity index is 1.53. The van der Waals surface area contributed by atoms with Gasteiger partial charge in [-0.2, -0.15) is 5.10 Å². The summed E-state index contributed by atoms with van der Waals surface area (Å²) in [7, 11) is 1.57. The average Bonchev–Trinajstić information content (AvgIpc) is 3.60. The van der Waals surface area contributed by atoms with Crippen molar-refractivity contribution in [1.82, 2.24) is 9.78 Å². The molecule has 1 aromatic heterocycles. The molecule has 1 aliphatic carbocycles.